The number of carbonyl (C=O) groups is 1. The van der Waals surface area contributed by atoms with Crippen LogP contribution in [0.1, 0.15) is 102 Å². The Morgan fingerprint density at radius 1 is 0.979 bits per heavy atom. The van der Waals surface area contributed by atoms with Gasteiger partial charge in [0.25, 0.3) is 0 Å². The molecule has 47 heavy (non-hydrogen) atoms. The number of aldehydes is 1. The van der Waals surface area contributed by atoms with Crippen molar-refractivity contribution in [1.29, 1.82) is 0 Å². The highest BCUT2D eigenvalue weighted by atomic mass is 16.7. The highest BCUT2D eigenvalue weighted by Gasteiger charge is 2.45. The molecule has 0 bridgehead atoms. The monoisotopic (exact) mass is 665 g/mol. The molecule has 2 aromatic rings. The zero-order valence-corrected chi connectivity index (χ0v) is 31.9. The molecule has 1 fully saturated rings. The molecule has 1 aliphatic rings. The van der Waals surface area contributed by atoms with Crippen LogP contribution in [0.25, 0.3) is 11.1 Å². The molecule has 0 saturated carbocycles. The van der Waals surface area contributed by atoms with Crippen molar-refractivity contribution in [2.45, 2.75) is 121 Å². The van der Waals surface area contributed by atoms with Gasteiger partial charge in [-0.3, -0.25) is 4.84 Å². The lowest BCUT2D eigenvalue weighted by Gasteiger charge is -2.22. The van der Waals surface area contributed by atoms with E-state index in [0.29, 0.717) is 12.0 Å². The van der Waals surface area contributed by atoms with Crippen LogP contribution in [-0.4, -0.2) is 85.6 Å². The first-order valence-corrected chi connectivity index (χ1v) is 17.2. The zero-order chi connectivity index (χ0) is 36.3. The maximum Gasteiger partial charge on any atom is 0.140 e. The maximum absolute atomic E-state index is 11.7. The maximum atomic E-state index is 11.7. The van der Waals surface area contributed by atoms with E-state index in [4.69, 9.17) is 4.84 Å². The van der Waals surface area contributed by atoms with Gasteiger partial charge in [0.15, 0.2) is 0 Å². The molecular formula is C39H76N4O4. The largest absolute Gasteiger partial charge is 0.394 e. The summed E-state index contributed by atoms with van der Waals surface area (Å²) >= 11 is 0. The predicted octanol–water partition coefficient (Wildman–Crippen LogP) is 8.12. The van der Waals surface area contributed by atoms with Crippen molar-refractivity contribution in [3.05, 3.63) is 54.1 Å². The summed E-state index contributed by atoms with van der Waals surface area (Å²) in [5, 5.41) is 24.6. The fourth-order valence-electron chi connectivity index (χ4n) is 4.01. The van der Waals surface area contributed by atoms with E-state index < -0.39 is 24.2 Å². The van der Waals surface area contributed by atoms with Crippen LogP contribution in [0.5, 0.6) is 0 Å². The smallest absolute Gasteiger partial charge is 0.140 e. The molecule has 1 heterocycles. The lowest BCUT2D eigenvalue weighted by Crippen LogP contribution is -2.39. The van der Waals surface area contributed by atoms with Gasteiger partial charge in [-0.1, -0.05) is 120 Å². The molecule has 0 radical (unpaired) electrons. The molecule has 8 nitrogen and oxygen atoms in total. The van der Waals surface area contributed by atoms with Crippen LogP contribution in [0, 0.1) is 11.3 Å². The Morgan fingerprint density at radius 3 is 1.89 bits per heavy atom. The van der Waals surface area contributed by atoms with E-state index in [1.165, 1.54) is 19.9 Å². The second kappa shape index (κ2) is 31.0. The van der Waals surface area contributed by atoms with Gasteiger partial charge in [-0.2, -0.15) is 5.06 Å². The van der Waals surface area contributed by atoms with E-state index in [1.807, 2.05) is 39.8 Å². The van der Waals surface area contributed by atoms with Crippen LogP contribution in [0.2, 0.25) is 0 Å². The number of nitrogens with zero attached hydrogens (tertiary/aromatic N) is 2. The first-order chi connectivity index (χ1) is 21.8. The standard InChI is InChI=1S/C24H33N3O4.C5H12.C4H10.2C2H6.CH5N.CH4/c1-17(30)24-22(15-28)27(31-23(24)16-29)14-18-5-4-6-20(13-18)19-7-9-21(10-8-19)25-11-12-26(2)3;1-5(2,3)4;1-3-4-2;3*1-2;/h4-10,13,15,17,22-25,29-30H,11-12,14,16H2,1-3H3;1-4H3;3-4H2,1-2H3;2*1-2H3;2H2,1H3;1H4/t17-,22?,23?,24?;;;;;;/m0....../s1. The molecule has 2 aromatic carbocycles. The molecule has 5 N–H and O–H groups in total. The van der Waals surface area contributed by atoms with Crippen molar-refractivity contribution in [2.75, 3.05) is 46.2 Å². The number of hydrogen-bond donors (Lipinski definition) is 4. The highest BCUT2D eigenvalue weighted by Crippen LogP contribution is 2.31. The zero-order valence-electron chi connectivity index (χ0n) is 31.9. The summed E-state index contributed by atoms with van der Waals surface area (Å²) in [7, 11) is 5.60. The SMILES string of the molecule is C.CC.CC.CC(C)(C)C.CCCC.CN.C[C@H](O)C1C(CO)ON(Cc2cccc(-c3ccc(NCCN(C)C)cc3)c2)C1C=O. The number of likely N-dealkylation sites (N-methyl/N-ethyl adjacent to an activating group) is 1. The van der Waals surface area contributed by atoms with Gasteiger partial charge in [-0.25, -0.2) is 0 Å². The molecule has 0 aromatic heterocycles. The minimum absolute atomic E-state index is 0. The number of hydroxylamine groups is 2. The molecule has 0 spiro atoms. The normalized spacial score (nSPS) is 17.2. The second-order valence-corrected chi connectivity index (χ2v) is 12.4. The van der Waals surface area contributed by atoms with Crippen LogP contribution in [0.3, 0.4) is 0 Å². The van der Waals surface area contributed by atoms with Gasteiger partial charge < -0.3 is 31.0 Å². The van der Waals surface area contributed by atoms with Crippen molar-refractivity contribution >= 4 is 12.0 Å². The molecule has 1 saturated heterocycles. The van der Waals surface area contributed by atoms with Gasteiger partial charge in [0.2, 0.25) is 0 Å². The number of hydrogen-bond acceptors (Lipinski definition) is 8. The first-order valence-electron chi connectivity index (χ1n) is 17.2. The summed E-state index contributed by atoms with van der Waals surface area (Å²) in [6, 6.07) is 15.8. The Bertz CT molecular complexity index is 954. The Hall–Kier alpha value is -2.33. The van der Waals surface area contributed by atoms with Gasteiger partial charge >= 0.3 is 0 Å². The minimum Gasteiger partial charge on any atom is -0.394 e. The van der Waals surface area contributed by atoms with Gasteiger partial charge in [-0.15, -0.1) is 0 Å². The van der Waals surface area contributed by atoms with Gasteiger partial charge in [0.1, 0.15) is 12.4 Å². The highest BCUT2D eigenvalue weighted by molar-refractivity contribution is 5.66. The van der Waals surface area contributed by atoms with Crippen LogP contribution in [0.15, 0.2) is 48.5 Å². The molecule has 0 aliphatic carbocycles. The fourth-order valence-corrected chi connectivity index (χ4v) is 4.01. The quantitative estimate of drug-likeness (QED) is 0.178. The third-order valence-electron chi connectivity index (χ3n) is 6.18. The fraction of sp³-hybridized carbons (Fsp3) is 0.667. The number of anilines is 1. The van der Waals surface area contributed by atoms with Crippen molar-refractivity contribution in [3.8, 4) is 11.1 Å². The van der Waals surface area contributed by atoms with Crippen molar-refractivity contribution in [2.24, 2.45) is 17.1 Å². The van der Waals surface area contributed by atoms with Gasteiger partial charge in [0, 0.05) is 31.2 Å². The third-order valence-corrected chi connectivity index (χ3v) is 6.18. The Labute approximate surface area is 291 Å². The number of benzene rings is 2. The van der Waals surface area contributed by atoms with Crippen LogP contribution in [-0.2, 0) is 16.2 Å². The molecule has 276 valence electrons. The van der Waals surface area contributed by atoms with E-state index in [1.54, 1.807) is 12.0 Å². The topological polar surface area (TPSA) is 111 Å². The number of unbranched alkanes of at least 4 members (excludes halogenated alkanes) is 1. The summed E-state index contributed by atoms with van der Waals surface area (Å²) in [5.41, 5.74) is 9.25. The summed E-state index contributed by atoms with van der Waals surface area (Å²) in [6.45, 7) is 24.7. The van der Waals surface area contributed by atoms with Crippen LogP contribution in [0.4, 0.5) is 5.69 Å². The molecule has 8 heteroatoms. The summed E-state index contributed by atoms with van der Waals surface area (Å²) in [4.78, 5) is 19.6. The van der Waals surface area contributed by atoms with E-state index in [-0.39, 0.29) is 14.0 Å². The van der Waals surface area contributed by atoms with E-state index in [2.05, 4.69) is 108 Å². The molecule has 3 unspecified atom stereocenters. The van der Waals surface area contributed by atoms with Crippen LogP contribution < -0.4 is 11.1 Å². The summed E-state index contributed by atoms with van der Waals surface area (Å²) in [5.74, 6) is -0.460. The number of rotatable bonds is 11. The van der Waals surface area contributed by atoms with E-state index in [0.717, 1.165) is 41.8 Å². The Kier molecular flexibility index (Phi) is 33.9. The van der Waals surface area contributed by atoms with Crippen molar-refractivity contribution in [3.63, 3.8) is 0 Å². The van der Waals surface area contributed by atoms with Gasteiger partial charge in [0.05, 0.1) is 18.8 Å². The minimum atomic E-state index is -0.756. The summed E-state index contributed by atoms with van der Waals surface area (Å²) in [6.07, 6.45) is 2.08. The molecule has 1 aliphatic heterocycles. The molecule has 4 atom stereocenters. The predicted molar refractivity (Wildman–Crippen MR) is 207 cm³/mol. The third kappa shape index (κ3) is 23.6. The van der Waals surface area contributed by atoms with Crippen molar-refractivity contribution in [1.82, 2.24) is 9.96 Å². The average molecular weight is 665 g/mol. The van der Waals surface area contributed by atoms with E-state index in [9.17, 15) is 15.0 Å². The van der Waals surface area contributed by atoms with Crippen molar-refractivity contribution < 1.29 is 19.8 Å². The van der Waals surface area contributed by atoms with Gasteiger partial charge in [-0.05, 0) is 68.4 Å². The Morgan fingerprint density at radius 2 is 1.49 bits per heavy atom. The number of nitrogens with one attached hydrogen (secondary N) is 1. The number of nitrogens with two attached hydrogens (primary N) is 1. The van der Waals surface area contributed by atoms with Crippen LogP contribution >= 0.6 is 0 Å². The number of carbonyl (C=O) groups excluding carboxylic acids is 1. The number of aliphatic hydroxyl groups excluding tert-OH is 2. The molecule has 3 rings (SSSR count). The average Bonchev–Trinajstić information content (AvgIpc) is 3.41. The number of aliphatic hydroxyl groups is 2. The molecular weight excluding hydrogens is 588 g/mol. The lowest BCUT2D eigenvalue weighted by atomic mass is 9.91. The summed E-state index contributed by atoms with van der Waals surface area (Å²) < 4.78 is 0. The second-order valence-electron chi connectivity index (χ2n) is 12.4. The Balaban J connectivity index is -0.000000493. The first kappa shape index (κ1) is 51.5. The molecule has 0 amide bonds. The van der Waals surface area contributed by atoms with E-state index >= 15 is 0 Å². The lowest BCUT2D eigenvalue weighted by molar-refractivity contribution is -0.177.